The van der Waals surface area contributed by atoms with E-state index in [0.717, 1.165) is 5.56 Å². The maximum Gasteiger partial charge on any atom is 0.262 e. The van der Waals surface area contributed by atoms with E-state index in [2.05, 4.69) is 10.3 Å². The number of fused-ring (bicyclic) bond motifs is 1. The minimum atomic E-state index is -0.299. The molecule has 1 heterocycles. The lowest BCUT2D eigenvalue weighted by Gasteiger charge is -2.10. The van der Waals surface area contributed by atoms with Crippen LogP contribution in [0.3, 0.4) is 0 Å². The number of amides is 1. The van der Waals surface area contributed by atoms with Gasteiger partial charge in [0.25, 0.3) is 11.5 Å². The van der Waals surface area contributed by atoms with Crippen LogP contribution in [0.1, 0.15) is 15.9 Å². The van der Waals surface area contributed by atoms with E-state index in [4.69, 9.17) is 23.8 Å². The molecule has 0 atom stereocenters. The van der Waals surface area contributed by atoms with Gasteiger partial charge in [-0.3, -0.25) is 14.2 Å². The lowest BCUT2D eigenvalue weighted by molar-refractivity contribution is 0.102. The Labute approximate surface area is 183 Å². The van der Waals surface area contributed by atoms with Crippen LogP contribution in [0.25, 0.3) is 10.9 Å². The van der Waals surface area contributed by atoms with Gasteiger partial charge in [0.2, 0.25) is 0 Å². The Morgan fingerprint density at radius 3 is 2.60 bits per heavy atom. The fourth-order valence-corrected chi connectivity index (χ4v) is 3.73. The second-order valence-electron chi connectivity index (χ2n) is 6.85. The van der Waals surface area contributed by atoms with E-state index in [1.165, 1.54) is 0 Å². The summed E-state index contributed by atoms with van der Waals surface area (Å²) in [6.07, 6.45) is 0.698. The highest BCUT2D eigenvalue weighted by atomic mass is 35.5. The number of benzene rings is 3. The quantitative estimate of drug-likeness (QED) is 0.423. The number of carbonyl (C=O) groups excluding carboxylic acids is 1. The molecule has 0 radical (unpaired) electrons. The van der Waals surface area contributed by atoms with E-state index in [-0.39, 0.29) is 11.5 Å². The Morgan fingerprint density at radius 2 is 1.83 bits per heavy atom. The number of nitrogens with one attached hydrogen (secondary N) is 2. The number of rotatable bonds is 5. The summed E-state index contributed by atoms with van der Waals surface area (Å²) in [5.41, 5.74) is 2.49. The molecule has 0 fully saturated rings. The van der Waals surface area contributed by atoms with Crippen LogP contribution in [0.15, 0.2) is 77.6 Å². The van der Waals surface area contributed by atoms with Crippen molar-refractivity contribution >= 4 is 46.3 Å². The number of aromatic amines is 1. The summed E-state index contributed by atoms with van der Waals surface area (Å²) in [5, 5.41) is 3.81. The van der Waals surface area contributed by atoms with Crippen molar-refractivity contribution in [1.29, 1.82) is 0 Å². The first-order valence-corrected chi connectivity index (χ1v) is 10.2. The van der Waals surface area contributed by atoms with Gasteiger partial charge in [-0.25, -0.2) is 0 Å². The predicted molar refractivity (Wildman–Crippen MR) is 123 cm³/mol. The molecule has 0 saturated heterocycles. The topological polar surface area (TPSA) is 66.9 Å². The van der Waals surface area contributed by atoms with Crippen LogP contribution in [-0.4, -0.2) is 15.5 Å². The number of carbonyl (C=O) groups is 1. The van der Waals surface area contributed by atoms with Gasteiger partial charge >= 0.3 is 0 Å². The average molecular weight is 436 g/mol. The summed E-state index contributed by atoms with van der Waals surface area (Å²) >= 11 is 11.4. The first kappa shape index (κ1) is 20.1. The Bertz CT molecular complexity index is 1350. The van der Waals surface area contributed by atoms with Crippen molar-refractivity contribution in [3.63, 3.8) is 0 Å². The highest BCUT2D eigenvalue weighted by Crippen LogP contribution is 2.17. The number of hydrogen-bond donors (Lipinski definition) is 2. The van der Waals surface area contributed by atoms with Crippen LogP contribution in [0.2, 0.25) is 5.02 Å². The van der Waals surface area contributed by atoms with Crippen LogP contribution in [-0.2, 0) is 13.0 Å². The maximum absolute atomic E-state index is 12.9. The van der Waals surface area contributed by atoms with Gasteiger partial charge in [-0.15, -0.1) is 0 Å². The fourth-order valence-electron chi connectivity index (χ4n) is 3.25. The van der Waals surface area contributed by atoms with E-state index in [1.54, 1.807) is 47.0 Å². The van der Waals surface area contributed by atoms with Gasteiger partial charge < -0.3 is 10.3 Å². The van der Waals surface area contributed by atoms with Gasteiger partial charge in [0, 0.05) is 22.8 Å². The summed E-state index contributed by atoms with van der Waals surface area (Å²) in [6, 6.07) is 21.7. The summed E-state index contributed by atoms with van der Waals surface area (Å²) < 4.78 is 1.88. The molecule has 0 spiro atoms. The minimum Gasteiger partial charge on any atom is -0.332 e. The van der Waals surface area contributed by atoms with Gasteiger partial charge in [0.1, 0.15) is 0 Å². The van der Waals surface area contributed by atoms with Crippen molar-refractivity contribution in [3.05, 3.63) is 104 Å². The van der Waals surface area contributed by atoms with E-state index in [1.807, 2.05) is 30.3 Å². The van der Waals surface area contributed by atoms with Crippen LogP contribution >= 0.6 is 23.8 Å². The molecular formula is C23H18ClN3O2S. The van der Waals surface area contributed by atoms with Crippen LogP contribution in [0, 0.1) is 4.77 Å². The van der Waals surface area contributed by atoms with Crippen molar-refractivity contribution in [2.75, 3.05) is 5.32 Å². The van der Waals surface area contributed by atoms with Crippen molar-refractivity contribution in [2.24, 2.45) is 0 Å². The third-order valence-corrected chi connectivity index (χ3v) is 5.35. The molecule has 0 aliphatic heterocycles. The molecule has 7 heteroatoms. The minimum absolute atomic E-state index is 0.175. The number of hydrogen-bond acceptors (Lipinski definition) is 3. The van der Waals surface area contributed by atoms with Gasteiger partial charge in [-0.05, 0) is 60.6 Å². The number of aryl methyl sites for hydroxylation is 1. The Morgan fingerprint density at radius 1 is 1.03 bits per heavy atom. The molecule has 1 amide bonds. The second kappa shape index (κ2) is 8.65. The van der Waals surface area contributed by atoms with Gasteiger partial charge in [-0.1, -0.05) is 48.0 Å². The summed E-state index contributed by atoms with van der Waals surface area (Å²) in [6.45, 7) is 0.477. The zero-order valence-electron chi connectivity index (χ0n) is 15.9. The van der Waals surface area contributed by atoms with E-state index >= 15 is 0 Å². The van der Waals surface area contributed by atoms with Crippen molar-refractivity contribution in [3.8, 4) is 0 Å². The molecular weight excluding hydrogens is 418 g/mol. The largest absolute Gasteiger partial charge is 0.332 e. The lowest BCUT2D eigenvalue weighted by atomic mass is 10.1. The molecule has 3 aromatic carbocycles. The number of halogens is 1. The number of nitrogens with zero attached hydrogens (tertiary/aromatic N) is 1. The van der Waals surface area contributed by atoms with Gasteiger partial charge in [0.05, 0.1) is 10.9 Å². The smallest absolute Gasteiger partial charge is 0.262 e. The molecule has 150 valence electrons. The second-order valence-corrected chi connectivity index (χ2v) is 7.67. The fraction of sp³-hybridized carbons (Fsp3) is 0.0870. The van der Waals surface area contributed by atoms with Crippen molar-refractivity contribution in [1.82, 2.24) is 9.55 Å². The molecule has 0 saturated carbocycles. The molecule has 0 aliphatic rings. The molecule has 0 aliphatic carbocycles. The van der Waals surface area contributed by atoms with E-state index in [0.29, 0.717) is 44.9 Å². The van der Waals surface area contributed by atoms with E-state index < -0.39 is 0 Å². The number of anilines is 1. The Kier molecular flexibility index (Phi) is 5.79. The molecule has 2 N–H and O–H groups in total. The van der Waals surface area contributed by atoms with Crippen molar-refractivity contribution in [2.45, 2.75) is 13.0 Å². The summed E-state index contributed by atoms with van der Waals surface area (Å²) in [5.74, 6) is -0.299. The van der Waals surface area contributed by atoms with E-state index in [9.17, 15) is 9.59 Å². The number of H-pyrrole nitrogens is 1. The lowest BCUT2D eigenvalue weighted by Crippen LogP contribution is -2.23. The maximum atomic E-state index is 12.9. The third kappa shape index (κ3) is 4.35. The molecule has 4 aromatic rings. The Balaban J connectivity index is 1.61. The number of aromatic nitrogens is 2. The van der Waals surface area contributed by atoms with Crippen LogP contribution in [0.5, 0.6) is 0 Å². The average Bonchev–Trinajstić information content (AvgIpc) is 2.74. The summed E-state index contributed by atoms with van der Waals surface area (Å²) in [7, 11) is 0. The standard InChI is InChI=1S/C23H18ClN3O2S/c24-17-7-4-8-18(14-17)25-21(28)16-9-10-19-20(13-16)26-23(30)27(22(19)29)12-11-15-5-2-1-3-6-15/h1-10,13-14H,11-12H2,(H,25,28)(H,26,30). The molecule has 4 rings (SSSR count). The highest BCUT2D eigenvalue weighted by molar-refractivity contribution is 7.71. The SMILES string of the molecule is O=C(Nc1cccc(Cl)c1)c1ccc2c(=O)n(CCc3ccccc3)c(=S)[nH]c2c1. The van der Waals surface area contributed by atoms with Gasteiger partial charge in [-0.2, -0.15) is 0 Å². The van der Waals surface area contributed by atoms with Crippen molar-refractivity contribution < 1.29 is 4.79 Å². The molecule has 5 nitrogen and oxygen atoms in total. The third-order valence-electron chi connectivity index (χ3n) is 4.79. The first-order valence-electron chi connectivity index (χ1n) is 9.39. The van der Waals surface area contributed by atoms with Gasteiger partial charge in [0.15, 0.2) is 4.77 Å². The molecule has 0 unspecified atom stereocenters. The summed E-state index contributed by atoms with van der Waals surface area (Å²) in [4.78, 5) is 28.6. The zero-order chi connectivity index (χ0) is 21.1. The molecule has 0 bridgehead atoms. The Hall–Kier alpha value is -3.22. The predicted octanol–water partition coefficient (Wildman–Crippen LogP) is 5.21. The first-order chi connectivity index (χ1) is 14.5. The zero-order valence-corrected chi connectivity index (χ0v) is 17.5. The van der Waals surface area contributed by atoms with Crippen LogP contribution < -0.4 is 10.9 Å². The monoisotopic (exact) mass is 435 g/mol. The molecule has 1 aromatic heterocycles. The molecule has 30 heavy (non-hydrogen) atoms. The highest BCUT2D eigenvalue weighted by Gasteiger charge is 2.11. The van der Waals surface area contributed by atoms with Crippen LogP contribution in [0.4, 0.5) is 5.69 Å². The normalized spacial score (nSPS) is 10.8.